The largest absolute Gasteiger partial charge is 0.456 e. The Morgan fingerprint density at radius 2 is 2.50 bits per heavy atom. The van der Waals surface area contributed by atoms with Gasteiger partial charge in [0.25, 0.3) is 0 Å². The van der Waals surface area contributed by atoms with E-state index in [2.05, 4.69) is 4.74 Å². The number of esters is 1. The first kappa shape index (κ1) is 6.83. The van der Waals surface area contributed by atoms with Gasteiger partial charge in [-0.3, -0.25) is 0 Å². The fourth-order valence-corrected chi connectivity index (χ4v) is 0.226. The van der Waals surface area contributed by atoms with Crippen molar-refractivity contribution in [2.24, 2.45) is 5.73 Å². The maximum atomic E-state index is 10.2. The predicted octanol–water partition coefficient (Wildman–Crippen LogP) is -0.531. The van der Waals surface area contributed by atoms with E-state index in [9.17, 15) is 4.79 Å². The minimum absolute atomic E-state index is 0.341. The molecule has 0 atom stereocenters. The van der Waals surface area contributed by atoms with Gasteiger partial charge in [-0.15, -0.1) is 0 Å². The molecule has 0 radical (unpaired) electrons. The van der Waals surface area contributed by atoms with Crippen LogP contribution in [0.3, 0.4) is 0 Å². The summed E-state index contributed by atoms with van der Waals surface area (Å²) in [6.07, 6.45) is 0. The average molecular weight is 113 g/mol. The van der Waals surface area contributed by atoms with Gasteiger partial charge in [0, 0.05) is 12.0 Å². The third kappa shape index (κ3) is 3.04. The maximum Gasteiger partial charge on any atom is 0.386 e. The van der Waals surface area contributed by atoms with Gasteiger partial charge in [-0.05, 0) is 6.92 Å². The van der Waals surface area contributed by atoms with E-state index < -0.39 is 5.97 Å². The molecule has 0 aliphatic heterocycles. The summed E-state index contributed by atoms with van der Waals surface area (Å²) >= 11 is 0. The van der Waals surface area contributed by atoms with Gasteiger partial charge in [0.2, 0.25) is 0 Å². The quantitative estimate of drug-likeness (QED) is 0.282. The molecule has 0 spiro atoms. The van der Waals surface area contributed by atoms with Gasteiger partial charge in [0.1, 0.15) is 0 Å². The van der Waals surface area contributed by atoms with Gasteiger partial charge in [0.05, 0.1) is 6.61 Å². The second kappa shape index (κ2) is 4.00. The highest BCUT2D eigenvalue weighted by atomic mass is 16.5. The number of carbonyl (C=O) groups is 1. The highest BCUT2D eigenvalue weighted by Gasteiger charge is 1.89. The lowest BCUT2D eigenvalue weighted by atomic mass is 10.7. The molecule has 0 fully saturated rings. The molecule has 0 bridgehead atoms. The minimum atomic E-state index is -0.574. The summed E-state index contributed by atoms with van der Waals surface area (Å²) in [5.41, 5.74) is 4.70. The molecule has 0 saturated carbocycles. The Bertz CT molecular complexity index is 131. The molecule has 3 heteroatoms. The van der Waals surface area contributed by atoms with Crippen LogP contribution in [0.25, 0.3) is 0 Å². The fraction of sp³-hybridized carbons (Fsp3) is 0.400. The zero-order valence-electron chi connectivity index (χ0n) is 4.60. The van der Waals surface area contributed by atoms with Crippen molar-refractivity contribution in [2.75, 3.05) is 6.61 Å². The number of rotatable bonds is 1. The first-order chi connectivity index (χ1) is 3.81. The van der Waals surface area contributed by atoms with Crippen molar-refractivity contribution in [3.05, 3.63) is 0 Å². The maximum absolute atomic E-state index is 10.2. The van der Waals surface area contributed by atoms with Crippen molar-refractivity contribution < 1.29 is 9.53 Å². The monoisotopic (exact) mass is 113 g/mol. The van der Waals surface area contributed by atoms with E-state index in [0.717, 1.165) is 0 Å². The fourth-order valence-electron chi connectivity index (χ4n) is 0.226. The van der Waals surface area contributed by atoms with Crippen LogP contribution in [0.1, 0.15) is 6.92 Å². The summed E-state index contributed by atoms with van der Waals surface area (Å²) in [6, 6.07) is 1.93. The molecule has 0 unspecified atom stereocenters. The minimum Gasteiger partial charge on any atom is -0.456 e. The molecule has 0 aromatic rings. The van der Waals surface area contributed by atoms with Gasteiger partial charge >= 0.3 is 5.97 Å². The molecule has 0 aromatic heterocycles. The Hall–Kier alpha value is -1.17. The van der Waals surface area contributed by atoms with Gasteiger partial charge in [-0.2, -0.15) is 0 Å². The molecule has 8 heavy (non-hydrogen) atoms. The Labute approximate surface area is 47.8 Å². The number of hydrogen-bond acceptors (Lipinski definition) is 3. The van der Waals surface area contributed by atoms with Crippen molar-refractivity contribution in [2.45, 2.75) is 6.92 Å². The number of nitrogens with two attached hydrogens (primary N) is 1. The van der Waals surface area contributed by atoms with Gasteiger partial charge in [0.15, 0.2) is 0 Å². The molecule has 0 amide bonds. The van der Waals surface area contributed by atoms with Crippen LogP contribution in [0.15, 0.2) is 0 Å². The first-order valence-electron chi connectivity index (χ1n) is 2.19. The summed E-state index contributed by atoms with van der Waals surface area (Å²) in [6.45, 7) is 2.05. The van der Waals surface area contributed by atoms with Gasteiger partial charge < -0.3 is 10.5 Å². The molecular weight excluding hydrogens is 106 g/mol. The Morgan fingerprint density at radius 1 is 1.88 bits per heavy atom. The standard InChI is InChI=1S/C5H7NO2/c1-2-8-5(7)3-4-6/h2,6H2,1H3. The van der Waals surface area contributed by atoms with Crippen molar-refractivity contribution >= 4 is 5.97 Å². The molecule has 0 aromatic carbocycles. The lowest BCUT2D eigenvalue weighted by molar-refractivity contribution is -0.136. The van der Waals surface area contributed by atoms with Crippen molar-refractivity contribution in [3.8, 4) is 12.0 Å². The van der Waals surface area contributed by atoms with Crippen LogP contribution < -0.4 is 5.73 Å². The van der Waals surface area contributed by atoms with Crippen LogP contribution in [-0.4, -0.2) is 12.6 Å². The molecule has 3 nitrogen and oxygen atoms in total. The van der Waals surface area contributed by atoms with Crippen LogP contribution in [0.5, 0.6) is 0 Å². The third-order valence-electron chi connectivity index (χ3n) is 0.450. The van der Waals surface area contributed by atoms with E-state index in [1.165, 1.54) is 0 Å². The average Bonchev–Trinajstić information content (AvgIpc) is 1.68. The summed E-state index contributed by atoms with van der Waals surface area (Å²) in [5.74, 6) is 1.44. The SMILES string of the molecule is CCOC(=O)C#CN. The van der Waals surface area contributed by atoms with E-state index in [1.54, 1.807) is 6.92 Å². The van der Waals surface area contributed by atoms with E-state index in [-0.39, 0.29) is 0 Å². The Balaban J connectivity index is 3.44. The first-order valence-corrected chi connectivity index (χ1v) is 2.19. The van der Waals surface area contributed by atoms with Crippen LogP contribution in [0.4, 0.5) is 0 Å². The zero-order valence-corrected chi connectivity index (χ0v) is 4.60. The summed E-state index contributed by atoms with van der Waals surface area (Å²) in [4.78, 5) is 10.2. The van der Waals surface area contributed by atoms with Crippen LogP contribution in [-0.2, 0) is 9.53 Å². The highest BCUT2D eigenvalue weighted by molar-refractivity contribution is 5.88. The van der Waals surface area contributed by atoms with Gasteiger partial charge in [-0.1, -0.05) is 0 Å². The molecule has 2 N–H and O–H groups in total. The van der Waals surface area contributed by atoms with E-state index in [0.29, 0.717) is 6.61 Å². The number of hydrogen-bond donors (Lipinski definition) is 1. The smallest absolute Gasteiger partial charge is 0.386 e. The highest BCUT2D eigenvalue weighted by Crippen LogP contribution is 1.71. The van der Waals surface area contributed by atoms with E-state index in [1.807, 2.05) is 12.0 Å². The van der Waals surface area contributed by atoms with Crippen LogP contribution in [0.2, 0.25) is 0 Å². The summed E-state index contributed by atoms with van der Waals surface area (Å²) in [7, 11) is 0. The predicted molar refractivity (Wildman–Crippen MR) is 28.6 cm³/mol. The number of carbonyl (C=O) groups excluding carboxylic acids is 1. The third-order valence-corrected chi connectivity index (χ3v) is 0.450. The summed E-state index contributed by atoms with van der Waals surface area (Å²) < 4.78 is 4.39. The van der Waals surface area contributed by atoms with Crippen LogP contribution >= 0.6 is 0 Å². The summed E-state index contributed by atoms with van der Waals surface area (Å²) in [5, 5.41) is 0. The van der Waals surface area contributed by atoms with Crippen molar-refractivity contribution in [3.63, 3.8) is 0 Å². The zero-order chi connectivity index (χ0) is 6.41. The van der Waals surface area contributed by atoms with Gasteiger partial charge in [-0.25, -0.2) is 4.79 Å². The normalized spacial score (nSPS) is 6.62. The second-order valence-electron chi connectivity index (χ2n) is 0.990. The molecule has 0 rings (SSSR count). The molecule has 0 aliphatic carbocycles. The van der Waals surface area contributed by atoms with E-state index >= 15 is 0 Å². The molecule has 0 heterocycles. The molecule has 0 saturated heterocycles. The molecule has 0 aliphatic rings. The van der Waals surface area contributed by atoms with Crippen molar-refractivity contribution in [1.82, 2.24) is 0 Å². The second-order valence-corrected chi connectivity index (χ2v) is 0.990. The lowest BCUT2D eigenvalue weighted by Gasteiger charge is -1.88. The van der Waals surface area contributed by atoms with Crippen LogP contribution in [0, 0.1) is 12.0 Å². The Morgan fingerprint density at radius 3 is 2.88 bits per heavy atom. The Kier molecular flexibility index (Phi) is 3.42. The number of ether oxygens (including phenoxy) is 1. The molecular formula is C5H7NO2. The van der Waals surface area contributed by atoms with E-state index in [4.69, 9.17) is 5.73 Å². The molecule has 44 valence electrons. The van der Waals surface area contributed by atoms with Crippen molar-refractivity contribution in [1.29, 1.82) is 0 Å². The topological polar surface area (TPSA) is 52.3 Å². The lowest BCUT2D eigenvalue weighted by Crippen LogP contribution is -2.00.